The van der Waals surface area contributed by atoms with E-state index in [0.29, 0.717) is 5.82 Å². The molecule has 1 atom stereocenters. The molecule has 73 valence electrons. The first-order valence-electron chi connectivity index (χ1n) is 5.21. The highest BCUT2D eigenvalue weighted by Crippen LogP contribution is 2.20. The molecule has 0 aromatic rings. The van der Waals surface area contributed by atoms with Crippen LogP contribution in [0.5, 0.6) is 0 Å². The number of hydrogen-bond acceptors (Lipinski definition) is 0. The van der Waals surface area contributed by atoms with Crippen LogP contribution in [0, 0.1) is 0 Å². The van der Waals surface area contributed by atoms with E-state index in [4.69, 9.17) is 0 Å². The molecule has 0 rings (SSSR count). The molecule has 0 aliphatic carbocycles. The van der Waals surface area contributed by atoms with Gasteiger partial charge in [0.1, 0.15) is 7.28 Å². The topological polar surface area (TPSA) is 0 Å². The third kappa shape index (κ3) is 5.73. The highest BCUT2D eigenvalue weighted by Gasteiger charge is 2.04. The van der Waals surface area contributed by atoms with Crippen molar-refractivity contribution in [1.82, 2.24) is 0 Å². The first-order valence-corrected chi connectivity index (χ1v) is 5.21. The third-order valence-corrected chi connectivity index (χ3v) is 2.59. The molecule has 0 fully saturated rings. The van der Waals surface area contributed by atoms with E-state index in [2.05, 4.69) is 41.6 Å². The molecule has 1 unspecified atom stereocenters. The van der Waals surface area contributed by atoms with E-state index in [1.807, 2.05) is 6.08 Å². The summed E-state index contributed by atoms with van der Waals surface area (Å²) in [7, 11) is 2.33. The van der Waals surface area contributed by atoms with Crippen molar-refractivity contribution >= 4 is 7.28 Å². The standard InChI is InChI=1S/C12H22B/c1-6-8-13-12(5)9-11(4)10(3)7-2/h6,12H,1,7-9H2,2-5H3/b11-10-. The van der Waals surface area contributed by atoms with Gasteiger partial charge in [-0.1, -0.05) is 43.2 Å². The molecule has 0 nitrogen and oxygen atoms in total. The van der Waals surface area contributed by atoms with Crippen molar-refractivity contribution in [2.45, 2.75) is 52.7 Å². The predicted octanol–water partition coefficient (Wildman–Crippen LogP) is 4.24. The van der Waals surface area contributed by atoms with Crippen LogP contribution in [0.2, 0.25) is 12.1 Å². The lowest BCUT2D eigenvalue weighted by Gasteiger charge is -2.11. The predicted molar refractivity (Wildman–Crippen MR) is 63.5 cm³/mol. The molecule has 0 aromatic heterocycles. The molecule has 1 radical (unpaired) electrons. The van der Waals surface area contributed by atoms with Crippen molar-refractivity contribution in [3.05, 3.63) is 23.8 Å². The normalized spacial score (nSPS) is 14.8. The second-order valence-corrected chi connectivity index (χ2v) is 3.86. The molecule has 0 saturated heterocycles. The van der Waals surface area contributed by atoms with Crippen LogP contribution in [-0.4, -0.2) is 7.28 Å². The summed E-state index contributed by atoms with van der Waals surface area (Å²) in [6, 6.07) is 0. The lowest BCUT2D eigenvalue weighted by Crippen LogP contribution is -1.99. The van der Waals surface area contributed by atoms with Gasteiger partial charge in [-0.25, -0.2) is 0 Å². The molecule has 1 heteroatoms. The summed E-state index contributed by atoms with van der Waals surface area (Å²) < 4.78 is 0. The van der Waals surface area contributed by atoms with Crippen LogP contribution < -0.4 is 0 Å². The monoisotopic (exact) mass is 177 g/mol. The van der Waals surface area contributed by atoms with E-state index in [9.17, 15) is 0 Å². The first-order chi connectivity index (χ1) is 6.11. The molecule has 13 heavy (non-hydrogen) atoms. The molecule has 0 aliphatic heterocycles. The zero-order valence-electron chi connectivity index (χ0n) is 9.56. The molecule has 0 aromatic carbocycles. The minimum atomic E-state index is 0.680. The highest BCUT2D eigenvalue weighted by molar-refractivity contribution is 6.38. The Morgan fingerprint density at radius 1 is 1.38 bits per heavy atom. The van der Waals surface area contributed by atoms with E-state index < -0.39 is 0 Å². The Labute approximate surface area is 84.4 Å². The van der Waals surface area contributed by atoms with Crippen LogP contribution in [0.1, 0.15) is 40.5 Å². The van der Waals surface area contributed by atoms with Crippen LogP contribution in [0.15, 0.2) is 23.8 Å². The highest BCUT2D eigenvalue weighted by atomic mass is 14.0. The van der Waals surface area contributed by atoms with Gasteiger partial charge in [0, 0.05) is 0 Å². The van der Waals surface area contributed by atoms with E-state index in [0.717, 1.165) is 6.32 Å². The molecule has 0 spiro atoms. The largest absolute Gasteiger partial charge is 0.118 e. The second-order valence-electron chi connectivity index (χ2n) is 3.86. The zero-order valence-corrected chi connectivity index (χ0v) is 9.56. The van der Waals surface area contributed by atoms with Crippen molar-refractivity contribution in [3.63, 3.8) is 0 Å². The lowest BCUT2D eigenvalue weighted by atomic mass is 9.60. The fourth-order valence-corrected chi connectivity index (χ4v) is 1.37. The van der Waals surface area contributed by atoms with Crippen molar-refractivity contribution in [2.24, 2.45) is 0 Å². The maximum atomic E-state index is 3.72. The summed E-state index contributed by atoms with van der Waals surface area (Å²) >= 11 is 0. The first kappa shape index (κ1) is 12.5. The smallest absolute Gasteiger partial charge is 0.104 e. The Morgan fingerprint density at radius 3 is 2.46 bits per heavy atom. The summed E-state index contributed by atoms with van der Waals surface area (Å²) in [4.78, 5) is 0. The fourth-order valence-electron chi connectivity index (χ4n) is 1.37. The van der Waals surface area contributed by atoms with Crippen molar-refractivity contribution in [1.29, 1.82) is 0 Å². The van der Waals surface area contributed by atoms with Gasteiger partial charge in [-0.3, -0.25) is 0 Å². The van der Waals surface area contributed by atoms with E-state index >= 15 is 0 Å². The van der Waals surface area contributed by atoms with Gasteiger partial charge in [-0.05, 0) is 26.7 Å². The van der Waals surface area contributed by atoms with Gasteiger partial charge in [0.25, 0.3) is 0 Å². The van der Waals surface area contributed by atoms with E-state index in [-0.39, 0.29) is 0 Å². The zero-order chi connectivity index (χ0) is 10.3. The van der Waals surface area contributed by atoms with E-state index in [1.54, 1.807) is 11.1 Å². The van der Waals surface area contributed by atoms with Crippen LogP contribution in [-0.2, 0) is 0 Å². The minimum Gasteiger partial charge on any atom is -0.104 e. The Hall–Kier alpha value is -0.455. The van der Waals surface area contributed by atoms with Gasteiger partial charge >= 0.3 is 0 Å². The van der Waals surface area contributed by atoms with Gasteiger partial charge in [0.15, 0.2) is 0 Å². The number of rotatable bonds is 6. The van der Waals surface area contributed by atoms with Gasteiger partial charge in [-0.15, -0.1) is 6.58 Å². The number of allylic oxidation sites excluding steroid dienone is 3. The van der Waals surface area contributed by atoms with Crippen molar-refractivity contribution in [3.8, 4) is 0 Å². The van der Waals surface area contributed by atoms with Crippen LogP contribution in [0.3, 0.4) is 0 Å². The molecule has 0 N–H and O–H groups in total. The van der Waals surface area contributed by atoms with Gasteiger partial charge in [-0.2, -0.15) is 0 Å². The average molecular weight is 177 g/mol. The SMILES string of the molecule is C=CC[B]C(C)C/C(C)=C(/C)CC. The molecule has 0 aliphatic rings. The molecule has 0 saturated carbocycles. The van der Waals surface area contributed by atoms with Crippen molar-refractivity contribution in [2.75, 3.05) is 0 Å². The molecular formula is C12H22B. The van der Waals surface area contributed by atoms with Crippen LogP contribution >= 0.6 is 0 Å². The van der Waals surface area contributed by atoms with Crippen LogP contribution in [0.4, 0.5) is 0 Å². The van der Waals surface area contributed by atoms with E-state index in [1.165, 1.54) is 12.8 Å². The lowest BCUT2D eigenvalue weighted by molar-refractivity contribution is 0.860. The van der Waals surface area contributed by atoms with Crippen LogP contribution in [0.25, 0.3) is 0 Å². The Morgan fingerprint density at radius 2 is 2.00 bits per heavy atom. The Bertz CT molecular complexity index is 180. The third-order valence-electron chi connectivity index (χ3n) is 2.59. The maximum Gasteiger partial charge on any atom is 0.118 e. The summed E-state index contributed by atoms with van der Waals surface area (Å²) in [6.45, 7) is 12.7. The fraction of sp³-hybridized carbons (Fsp3) is 0.667. The van der Waals surface area contributed by atoms with Gasteiger partial charge < -0.3 is 0 Å². The van der Waals surface area contributed by atoms with Crippen molar-refractivity contribution < 1.29 is 0 Å². The Balaban J connectivity index is 3.90. The quantitative estimate of drug-likeness (QED) is 0.420. The summed E-state index contributed by atoms with van der Waals surface area (Å²) in [5.74, 6) is 0.680. The van der Waals surface area contributed by atoms with Gasteiger partial charge in [0.05, 0.1) is 0 Å². The van der Waals surface area contributed by atoms with Gasteiger partial charge in [0.2, 0.25) is 0 Å². The maximum absolute atomic E-state index is 3.72. The summed E-state index contributed by atoms with van der Waals surface area (Å²) in [5, 5.41) is 0. The second kappa shape index (κ2) is 7.00. The number of hydrogen-bond donors (Lipinski definition) is 0. The molecular weight excluding hydrogens is 155 g/mol. The summed E-state index contributed by atoms with van der Waals surface area (Å²) in [5.41, 5.74) is 3.09. The molecule has 0 bridgehead atoms. The molecule has 0 amide bonds. The average Bonchev–Trinajstić information content (AvgIpc) is 2.13. The summed E-state index contributed by atoms with van der Waals surface area (Å²) in [6.07, 6.45) is 5.37. The Kier molecular flexibility index (Phi) is 6.75. The minimum absolute atomic E-state index is 0.680. The molecule has 0 heterocycles.